The van der Waals surface area contributed by atoms with Crippen LogP contribution < -0.4 is 9.80 Å². The molecule has 0 unspecified atom stereocenters. The molecular formula is C48H36N2. The minimum Gasteiger partial charge on any atom is -0.311 e. The Kier molecular flexibility index (Phi) is 8.73. The predicted octanol–water partition coefficient (Wildman–Crippen LogP) is 13.6. The first kappa shape index (κ1) is 30.7. The summed E-state index contributed by atoms with van der Waals surface area (Å²) in [6.45, 7) is 0. The Morgan fingerprint density at radius 2 is 0.600 bits per heavy atom. The Balaban J connectivity index is 0.993. The van der Waals surface area contributed by atoms with E-state index in [0.29, 0.717) is 0 Å². The molecule has 2 heteroatoms. The van der Waals surface area contributed by atoms with E-state index >= 15 is 0 Å². The fraction of sp³-hybridized carbons (Fsp3) is 0. The Hall–Kier alpha value is -6.64. The van der Waals surface area contributed by atoms with Crippen LogP contribution in [0.25, 0.3) is 34.1 Å². The van der Waals surface area contributed by atoms with Gasteiger partial charge in [-0.1, -0.05) is 146 Å². The van der Waals surface area contributed by atoms with Gasteiger partial charge in [-0.15, -0.1) is 0 Å². The summed E-state index contributed by atoms with van der Waals surface area (Å²) in [6.07, 6.45) is 4.35. The third-order valence-corrected chi connectivity index (χ3v) is 9.02. The van der Waals surface area contributed by atoms with Crippen molar-refractivity contribution in [2.24, 2.45) is 0 Å². The molecule has 0 aromatic heterocycles. The third kappa shape index (κ3) is 6.69. The molecule has 0 saturated carbocycles. The minimum atomic E-state index is 1.12. The zero-order chi connectivity index (χ0) is 33.5. The number of hydrogen-bond acceptors (Lipinski definition) is 2. The molecule has 8 rings (SSSR count). The Morgan fingerprint density at radius 3 is 1.10 bits per heavy atom. The summed E-state index contributed by atoms with van der Waals surface area (Å²) in [5.41, 5.74) is 11.5. The number of fused-ring (bicyclic) bond motifs is 1. The van der Waals surface area contributed by atoms with E-state index in [4.69, 9.17) is 0 Å². The molecule has 0 amide bonds. The molecule has 8 aromatic carbocycles. The minimum absolute atomic E-state index is 1.12. The zero-order valence-corrected chi connectivity index (χ0v) is 27.7. The van der Waals surface area contributed by atoms with E-state index in [1.165, 1.54) is 21.9 Å². The summed E-state index contributed by atoms with van der Waals surface area (Å²) in [7, 11) is 0. The molecule has 0 atom stereocenters. The van der Waals surface area contributed by atoms with E-state index in [0.717, 1.165) is 45.3 Å². The average molecular weight is 641 g/mol. The molecule has 0 aliphatic rings. The summed E-state index contributed by atoms with van der Waals surface area (Å²) < 4.78 is 0. The van der Waals surface area contributed by atoms with Gasteiger partial charge in [0.2, 0.25) is 0 Å². The van der Waals surface area contributed by atoms with Gasteiger partial charge < -0.3 is 9.80 Å². The lowest BCUT2D eigenvalue weighted by molar-refractivity contribution is 1.28. The van der Waals surface area contributed by atoms with Gasteiger partial charge in [0.25, 0.3) is 0 Å². The molecule has 0 fully saturated rings. The van der Waals surface area contributed by atoms with Crippen LogP contribution in [-0.4, -0.2) is 0 Å². The van der Waals surface area contributed by atoms with Gasteiger partial charge >= 0.3 is 0 Å². The van der Waals surface area contributed by atoms with Gasteiger partial charge in [-0.3, -0.25) is 0 Å². The van der Waals surface area contributed by atoms with Gasteiger partial charge in [0.05, 0.1) is 0 Å². The topological polar surface area (TPSA) is 6.48 Å². The highest BCUT2D eigenvalue weighted by molar-refractivity contribution is 5.89. The van der Waals surface area contributed by atoms with Gasteiger partial charge in [-0.25, -0.2) is 0 Å². The first-order valence-corrected chi connectivity index (χ1v) is 17.0. The van der Waals surface area contributed by atoms with Crippen molar-refractivity contribution in [1.29, 1.82) is 0 Å². The average Bonchev–Trinajstić information content (AvgIpc) is 3.19. The lowest BCUT2D eigenvalue weighted by atomic mass is 10.0. The highest BCUT2D eigenvalue weighted by atomic mass is 15.1. The van der Waals surface area contributed by atoms with Crippen molar-refractivity contribution < 1.29 is 0 Å². The van der Waals surface area contributed by atoms with Crippen molar-refractivity contribution in [2.45, 2.75) is 0 Å². The van der Waals surface area contributed by atoms with Crippen molar-refractivity contribution in [3.8, 4) is 11.1 Å². The van der Waals surface area contributed by atoms with E-state index in [1.54, 1.807) is 0 Å². The lowest BCUT2D eigenvalue weighted by Gasteiger charge is -2.26. The maximum absolute atomic E-state index is 2.32. The van der Waals surface area contributed by atoms with E-state index in [2.05, 4.69) is 228 Å². The Morgan fingerprint density at radius 1 is 0.260 bits per heavy atom. The van der Waals surface area contributed by atoms with Crippen LogP contribution in [0.5, 0.6) is 0 Å². The van der Waals surface area contributed by atoms with Crippen molar-refractivity contribution in [2.75, 3.05) is 9.80 Å². The highest BCUT2D eigenvalue weighted by Crippen LogP contribution is 2.37. The van der Waals surface area contributed by atoms with Gasteiger partial charge in [-0.2, -0.15) is 0 Å². The number of rotatable bonds is 9. The number of hydrogen-bond donors (Lipinski definition) is 0. The predicted molar refractivity (Wildman–Crippen MR) is 214 cm³/mol. The van der Waals surface area contributed by atoms with E-state index in [-0.39, 0.29) is 0 Å². The molecule has 0 bridgehead atoms. The first-order chi connectivity index (χ1) is 24.8. The van der Waals surface area contributed by atoms with Crippen LogP contribution in [0.4, 0.5) is 34.1 Å². The van der Waals surface area contributed by atoms with Gasteiger partial charge in [0.1, 0.15) is 0 Å². The molecule has 50 heavy (non-hydrogen) atoms. The van der Waals surface area contributed by atoms with Gasteiger partial charge in [-0.05, 0) is 106 Å². The van der Waals surface area contributed by atoms with Crippen LogP contribution in [0, 0.1) is 0 Å². The van der Waals surface area contributed by atoms with Crippen LogP contribution in [-0.2, 0) is 0 Å². The van der Waals surface area contributed by atoms with Crippen molar-refractivity contribution in [3.63, 3.8) is 0 Å². The van der Waals surface area contributed by atoms with Crippen LogP contribution >= 0.6 is 0 Å². The number of anilines is 6. The molecule has 8 aromatic rings. The standard InChI is InChI=1S/C48H36N2/c1-4-14-43(15-5-1)49(44-16-6-2-7-17-44)46-31-24-38(25-32-46)21-20-37-22-26-40(27-23-37)41-28-33-47(34-29-41)50(45-18-8-3-9-19-45)48-35-30-39-12-10-11-13-42(39)36-48/h1-36H/b21-20+. The normalized spacial score (nSPS) is 11.1. The lowest BCUT2D eigenvalue weighted by Crippen LogP contribution is -2.09. The SMILES string of the molecule is C(=C\c1ccc(N(c2ccccc2)c2ccccc2)cc1)/c1ccc(-c2ccc(N(c3ccccc3)c3ccc4ccccc4c3)cc2)cc1. The third-order valence-electron chi connectivity index (χ3n) is 9.02. The summed E-state index contributed by atoms with van der Waals surface area (Å²) in [6, 6.07) is 73.1. The number of benzene rings is 8. The second kappa shape index (κ2) is 14.2. The van der Waals surface area contributed by atoms with Crippen molar-refractivity contribution in [3.05, 3.63) is 217 Å². The second-order valence-electron chi connectivity index (χ2n) is 12.3. The highest BCUT2D eigenvalue weighted by Gasteiger charge is 2.14. The van der Waals surface area contributed by atoms with Crippen LogP contribution in [0.2, 0.25) is 0 Å². The summed E-state index contributed by atoms with van der Waals surface area (Å²) in [5, 5.41) is 2.47. The molecule has 0 aliphatic carbocycles. The van der Waals surface area contributed by atoms with Crippen LogP contribution in [0.1, 0.15) is 11.1 Å². The largest absolute Gasteiger partial charge is 0.311 e. The molecular weight excluding hydrogens is 605 g/mol. The van der Waals surface area contributed by atoms with Gasteiger partial charge in [0, 0.05) is 34.1 Å². The fourth-order valence-corrected chi connectivity index (χ4v) is 6.46. The number of para-hydroxylation sites is 3. The van der Waals surface area contributed by atoms with E-state index in [9.17, 15) is 0 Å². The summed E-state index contributed by atoms with van der Waals surface area (Å²) >= 11 is 0. The molecule has 0 aliphatic heterocycles. The smallest absolute Gasteiger partial charge is 0.0468 e. The zero-order valence-electron chi connectivity index (χ0n) is 27.7. The molecule has 0 saturated heterocycles. The molecule has 2 nitrogen and oxygen atoms in total. The Bertz CT molecular complexity index is 2290. The maximum atomic E-state index is 2.32. The quantitative estimate of drug-likeness (QED) is 0.145. The molecule has 0 heterocycles. The fourth-order valence-electron chi connectivity index (χ4n) is 6.46. The summed E-state index contributed by atoms with van der Waals surface area (Å²) in [5.74, 6) is 0. The monoisotopic (exact) mass is 640 g/mol. The first-order valence-electron chi connectivity index (χ1n) is 17.0. The molecule has 0 spiro atoms. The number of nitrogens with zero attached hydrogens (tertiary/aromatic N) is 2. The maximum Gasteiger partial charge on any atom is 0.0468 e. The van der Waals surface area contributed by atoms with E-state index < -0.39 is 0 Å². The Labute approximate surface area is 294 Å². The molecule has 238 valence electrons. The second-order valence-corrected chi connectivity index (χ2v) is 12.3. The van der Waals surface area contributed by atoms with Crippen molar-refractivity contribution in [1.82, 2.24) is 0 Å². The summed E-state index contributed by atoms with van der Waals surface area (Å²) in [4.78, 5) is 4.60. The van der Waals surface area contributed by atoms with Crippen molar-refractivity contribution >= 4 is 57.0 Å². The molecule has 0 radical (unpaired) electrons. The van der Waals surface area contributed by atoms with Crippen LogP contribution in [0.15, 0.2) is 206 Å². The van der Waals surface area contributed by atoms with Crippen LogP contribution in [0.3, 0.4) is 0 Å². The van der Waals surface area contributed by atoms with E-state index in [1.807, 2.05) is 0 Å². The molecule has 0 N–H and O–H groups in total. The van der Waals surface area contributed by atoms with Gasteiger partial charge in [0.15, 0.2) is 0 Å².